The van der Waals surface area contributed by atoms with Crippen molar-refractivity contribution in [1.82, 2.24) is 19.8 Å². The minimum Gasteiger partial charge on any atom is -0.375 e. The van der Waals surface area contributed by atoms with E-state index in [4.69, 9.17) is 10.5 Å². The third kappa shape index (κ3) is 4.87. The number of carbonyl (C=O) groups is 1. The second kappa shape index (κ2) is 8.98. The zero-order chi connectivity index (χ0) is 19.3. The molecule has 1 amide bonds. The topological polar surface area (TPSA) is 84.6 Å². The van der Waals surface area contributed by atoms with Crippen LogP contribution in [0.25, 0.3) is 0 Å². The first kappa shape index (κ1) is 19.3. The van der Waals surface area contributed by atoms with Crippen LogP contribution in [0.4, 0.5) is 5.13 Å². The van der Waals surface area contributed by atoms with Crippen molar-refractivity contribution < 1.29 is 9.53 Å². The number of pyridine rings is 1. The molecule has 4 rings (SSSR count). The van der Waals surface area contributed by atoms with Crippen LogP contribution >= 0.6 is 11.3 Å². The number of likely N-dealkylation sites (tertiary alicyclic amines) is 2. The Labute approximate surface area is 169 Å². The van der Waals surface area contributed by atoms with Gasteiger partial charge in [-0.3, -0.25) is 14.7 Å². The maximum atomic E-state index is 12.5. The van der Waals surface area contributed by atoms with Gasteiger partial charge >= 0.3 is 0 Å². The van der Waals surface area contributed by atoms with Gasteiger partial charge < -0.3 is 15.4 Å². The molecule has 150 valence electrons. The van der Waals surface area contributed by atoms with Crippen LogP contribution in [-0.2, 0) is 11.3 Å². The zero-order valence-corrected chi connectivity index (χ0v) is 16.8. The summed E-state index contributed by atoms with van der Waals surface area (Å²) in [5.41, 5.74) is 6.24. The number of anilines is 1. The van der Waals surface area contributed by atoms with Crippen LogP contribution in [0, 0.1) is 0 Å². The van der Waals surface area contributed by atoms with E-state index in [0.717, 1.165) is 58.4 Å². The summed E-state index contributed by atoms with van der Waals surface area (Å²) < 4.78 is 6.36. The van der Waals surface area contributed by atoms with Crippen molar-refractivity contribution in [3.63, 3.8) is 0 Å². The molecule has 2 aliphatic heterocycles. The number of amides is 1. The highest BCUT2D eigenvalue weighted by Gasteiger charge is 2.28. The summed E-state index contributed by atoms with van der Waals surface area (Å²) in [5.74, 6) is 0.0241. The zero-order valence-electron chi connectivity index (χ0n) is 16.0. The average Bonchev–Trinajstić information content (AvgIpc) is 3.15. The number of ether oxygens (including phenoxy) is 1. The highest BCUT2D eigenvalue weighted by atomic mass is 32.1. The lowest BCUT2D eigenvalue weighted by Gasteiger charge is -2.37. The highest BCUT2D eigenvalue weighted by Crippen LogP contribution is 2.24. The van der Waals surface area contributed by atoms with Crippen LogP contribution in [0.1, 0.15) is 41.0 Å². The number of piperidine rings is 2. The molecule has 0 aliphatic carbocycles. The molecule has 0 atom stereocenters. The Morgan fingerprint density at radius 1 is 1.11 bits per heavy atom. The Hall–Kier alpha value is -2.03. The monoisotopic (exact) mass is 401 g/mol. The highest BCUT2D eigenvalue weighted by molar-refractivity contribution is 7.15. The molecular formula is C20H27N5O2S. The van der Waals surface area contributed by atoms with Crippen molar-refractivity contribution in [3.05, 3.63) is 41.2 Å². The molecule has 8 heteroatoms. The molecule has 7 nitrogen and oxygen atoms in total. The van der Waals surface area contributed by atoms with Crippen molar-refractivity contribution >= 4 is 22.4 Å². The van der Waals surface area contributed by atoms with Crippen LogP contribution in [0.2, 0.25) is 0 Å². The first-order valence-corrected chi connectivity index (χ1v) is 10.8. The van der Waals surface area contributed by atoms with E-state index in [9.17, 15) is 4.79 Å². The van der Waals surface area contributed by atoms with Crippen molar-refractivity contribution in [2.24, 2.45) is 0 Å². The summed E-state index contributed by atoms with van der Waals surface area (Å²) in [6.45, 7) is 4.49. The number of aromatic nitrogens is 2. The molecular weight excluding hydrogens is 374 g/mol. The van der Waals surface area contributed by atoms with Gasteiger partial charge in [-0.15, -0.1) is 11.3 Å². The number of hydrogen-bond acceptors (Lipinski definition) is 7. The van der Waals surface area contributed by atoms with Crippen LogP contribution in [0.15, 0.2) is 30.6 Å². The molecule has 0 spiro atoms. The molecule has 0 unspecified atom stereocenters. The summed E-state index contributed by atoms with van der Waals surface area (Å²) in [4.78, 5) is 26.3. The normalized spacial score (nSPS) is 19.8. The molecule has 0 saturated carbocycles. The summed E-state index contributed by atoms with van der Waals surface area (Å²) in [6, 6.07) is 5.46. The number of carbonyl (C=O) groups excluding carboxylic acids is 1. The van der Waals surface area contributed by atoms with Crippen molar-refractivity contribution in [2.45, 2.75) is 44.4 Å². The van der Waals surface area contributed by atoms with E-state index < -0.39 is 0 Å². The second-order valence-corrected chi connectivity index (χ2v) is 8.63. The fourth-order valence-corrected chi connectivity index (χ4v) is 4.66. The van der Waals surface area contributed by atoms with Crippen LogP contribution in [0.5, 0.6) is 0 Å². The van der Waals surface area contributed by atoms with Gasteiger partial charge in [0.1, 0.15) is 5.69 Å². The van der Waals surface area contributed by atoms with Gasteiger partial charge in [-0.05, 0) is 37.8 Å². The van der Waals surface area contributed by atoms with Gasteiger partial charge in [-0.1, -0.05) is 6.07 Å². The molecule has 2 fully saturated rings. The molecule has 0 aromatic carbocycles. The number of hydrogen-bond donors (Lipinski definition) is 1. The lowest BCUT2D eigenvalue weighted by atomic mass is 10.0. The Morgan fingerprint density at radius 2 is 1.82 bits per heavy atom. The third-order valence-electron chi connectivity index (χ3n) is 5.48. The Bertz CT molecular complexity index is 768. The van der Waals surface area contributed by atoms with Crippen molar-refractivity contribution in [2.75, 3.05) is 31.9 Å². The van der Waals surface area contributed by atoms with E-state index >= 15 is 0 Å². The molecule has 2 N–H and O–H groups in total. The van der Waals surface area contributed by atoms with Gasteiger partial charge in [-0.2, -0.15) is 0 Å². The molecule has 4 heterocycles. The second-order valence-electron chi connectivity index (χ2n) is 7.48. The first-order chi connectivity index (χ1) is 13.7. The maximum absolute atomic E-state index is 12.5. The smallest absolute Gasteiger partial charge is 0.272 e. The lowest BCUT2D eigenvalue weighted by molar-refractivity contribution is -0.0628. The van der Waals surface area contributed by atoms with Gasteiger partial charge in [0.15, 0.2) is 5.13 Å². The van der Waals surface area contributed by atoms with Crippen molar-refractivity contribution in [3.8, 4) is 0 Å². The summed E-state index contributed by atoms with van der Waals surface area (Å²) in [5, 5.41) is 0.640. The van der Waals surface area contributed by atoms with Crippen LogP contribution in [0.3, 0.4) is 0 Å². The molecule has 2 aromatic heterocycles. The minimum atomic E-state index is 0.0241. The molecule has 2 aromatic rings. The SMILES string of the molecule is Nc1ncc(CN2CCC(OC3CCN(C(=O)c4ccccn4)CC3)CC2)s1. The predicted octanol–water partition coefficient (Wildman–Crippen LogP) is 2.41. The third-order valence-corrected chi connectivity index (χ3v) is 6.29. The van der Waals surface area contributed by atoms with Gasteiger partial charge in [-0.25, -0.2) is 4.98 Å². The Balaban J connectivity index is 1.18. The number of rotatable bonds is 5. The van der Waals surface area contributed by atoms with E-state index in [-0.39, 0.29) is 12.0 Å². The fraction of sp³-hybridized carbons (Fsp3) is 0.550. The van der Waals surface area contributed by atoms with E-state index in [1.54, 1.807) is 23.6 Å². The molecule has 0 bridgehead atoms. The quantitative estimate of drug-likeness (QED) is 0.828. The number of nitrogens with two attached hydrogens (primary N) is 1. The van der Waals surface area contributed by atoms with E-state index in [1.165, 1.54) is 4.88 Å². The van der Waals surface area contributed by atoms with Gasteiger partial charge in [0.05, 0.1) is 12.2 Å². The van der Waals surface area contributed by atoms with Crippen LogP contribution < -0.4 is 5.73 Å². The summed E-state index contributed by atoms with van der Waals surface area (Å²) in [7, 11) is 0. The summed E-state index contributed by atoms with van der Waals surface area (Å²) >= 11 is 1.57. The largest absolute Gasteiger partial charge is 0.375 e. The number of nitrogen functional groups attached to an aromatic ring is 1. The van der Waals surface area contributed by atoms with Gasteiger partial charge in [0.2, 0.25) is 0 Å². The summed E-state index contributed by atoms with van der Waals surface area (Å²) in [6.07, 6.45) is 8.04. The predicted molar refractivity (Wildman–Crippen MR) is 109 cm³/mol. The first-order valence-electron chi connectivity index (χ1n) is 9.95. The van der Waals surface area contributed by atoms with Crippen molar-refractivity contribution in [1.29, 1.82) is 0 Å². The number of thiazole rings is 1. The Morgan fingerprint density at radius 3 is 2.43 bits per heavy atom. The fourth-order valence-electron chi connectivity index (χ4n) is 3.94. The standard InChI is InChI=1S/C20H27N5O2S/c21-20-23-13-17(28-20)14-24-9-4-15(5-10-24)27-16-6-11-25(12-7-16)19(26)18-3-1-2-8-22-18/h1-3,8,13,15-16H,4-7,9-12,14H2,(H2,21,23). The van der Waals surface area contributed by atoms with Gasteiger partial charge in [0, 0.05) is 50.0 Å². The molecule has 2 saturated heterocycles. The number of nitrogens with zero attached hydrogens (tertiary/aromatic N) is 4. The van der Waals surface area contributed by atoms with E-state index in [2.05, 4.69) is 14.9 Å². The average molecular weight is 402 g/mol. The molecule has 0 radical (unpaired) electrons. The Kier molecular flexibility index (Phi) is 6.19. The van der Waals surface area contributed by atoms with E-state index in [1.807, 2.05) is 23.2 Å². The molecule has 28 heavy (non-hydrogen) atoms. The van der Waals surface area contributed by atoms with E-state index in [0.29, 0.717) is 16.9 Å². The van der Waals surface area contributed by atoms with Gasteiger partial charge in [0.25, 0.3) is 5.91 Å². The maximum Gasteiger partial charge on any atom is 0.272 e. The molecule has 2 aliphatic rings. The minimum absolute atomic E-state index is 0.0241. The lowest BCUT2D eigenvalue weighted by Crippen LogP contribution is -2.43. The van der Waals surface area contributed by atoms with Crippen LogP contribution in [-0.4, -0.2) is 64.1 Å².